The number of nitrogens with one attached hydrogen (secondary N) is 1. The Morgan fingerprint density at radius 3 is 2.73 bits per heavy atom. The van der Waals surface area contributed by atoms with E-state index in [1.165, 1.54) is 11.8 Å². The van der Waals surface area contributed by atoms with E-state index in [4.69, 9.17) is 11.6 Å². The first-order chi connectivity index (χ1) is 12.3. The fourth-order valence-corrected chi connectivity index (χ4v) is 3.44. The van der Waals surface area contributed by atoms with Crippen molar-refractivity contribution in [1.29, 1.82) is 0 Å². The van der Waals surface area contributed by atoms with Gasteiger partial charge >= 0.3 is 6.18 Å². The van der Waals surface area contributed by atoms with E-state index >= 15 is 0 Å². The number of amides is 1. The SMILES string of the molecule is CCn1c(SCC(=O)Nc2cc(C(F)(F)F)ccc2Cl)nnc1C1CC1. The molecule has 0 saturated heterocycles. The lowest BCUT2D eigenvalue weighted by atomic mass is 10.2. The molecule has 0 unspecified atom stereocenters. The normalized spacial score (nSPS) is 14.5. The van der Waals surface area contributed by atoms with E-state index in [1.807, 2.05) is 11.5 Å². The maximum Gasteiger partial charge on any atom is 0.416 e. The van der Waals surface area contributed by atoms with Gasteiger partial charge in [0.15, 0.2) is 5.16 Å². The van der Waals surface area contributed by atoms with Crippen LogP contribution in [-0.4, -0.2) is 26.4 Å². The fraction of sp³-hybridized carbons (Fsp3) is 0.438. The van der Waals surface area contributed by atoms with Crippen LogP contribution in [0.5, 0.6) is 0 Å². The highest BCUT2D eigenvalue weighted by molar-refractivity contribution is 7.99. The molecule has 0 spiro atoms. The molecule has 1 aromatic heterocycles. The molecule has 1 aliphatic carbocycles. The van der Waals surface area contributed by atoms with Crippen LogP contribution in [0.4, 0.5) is 18.9 Å². The number of hydrogen-bond donors (Lipinski definition) is 1. The summed E-state index contributed by atoms with van der Waals surface area (Å²) in [5.41, 5.74) is -0.938. The van der Waals surface area contributed by atoms with Gasteiger partial charge in [-0.3, -0.25) is 4.79 Å². The van der Waals surface area contributed by atoms with Crippen molar-refractivity contribution in [3.05, 3.63) is 34.6 Å². The molecule has 10 heteroatoms. The molecule has 2 aromatic rings. The third kappa shape index (κ3) is 4.32. The molecule has 0 atom stereocenters. The van der Waals surface area contributed by atoms with Gasteiger partial charge in [0.1, 0.15) is 5.82 Å². The van der Waals surface area contributed by atoms with Gasteiger partial charge in [0.05, 0.1) is 22.0 Å². The summed E-state index contributed by atoms with van der Waals surface area (Å²) in [6.45, 7) is 2.67. The van der Waals surface area contributed by atoms with Crippen molar-refractivity contribution in [1.82, 2.24) is 14.8 Å². The van der Waals surface area contributed by atoms with Crippen LogP contribution in [0.15, 0.2) is 23.4 Å². The molecule has 1 saturated carbocycles. The summed E-state index contributed by atoms with van der Waals surface area (Å²) in [4.78, 5) is 12.1. The monoisotopic (exact) mass is 404 g/mol. The van der Waals surface area contributed by atoms with Crippen LogP contribution in [0.1, 0.15) is 37.1 Å². The number of nitrogens with zero attached hydrogens (tertiary/aromatic N) is 3. The number of benzene rings is 1. The van der Waals surface area contributed by atoms with E-state index in [0.717, 1.165) is 36.9 Å². The molecule has 0 radical (unpaired) electrons. The van der Waals surface area contributed by atoms with Gasteiger partial charge in [-0.25, -0.2) is 0 Å². The summed E-state index contributed by atoms with van der Waals surface area (Å²) in [7, 11) is 0. The number of anilines is 1. The second kappa shape index (κ2) is 7.48. The second-order valence-corrected chi connectivity index (χ2v) is 7.24. The van der Waals surface area contributed by atoms with E-state index in [0.29, 0.717) is 17.6 Å². The summed E-state index contributed by atoms with van der Waals surface area (Å²) < 4.78 is 40.3. The zero-order valence-corrected chi connectivity index (χ0v) is 15.4. The smallest absolute Gasteiger partial charge is 0.324 e. The standard InChI is InChI=1S/C16H16ClF3N4OS/c1-2-24-14(9-3-4-9)22-23-15(24)26-8-13(25)21-12-7-10(16(18,19)20)5-6-11(12)17/h5-7,9H,2-4,8H2,1H3,(H,21,25). The molecule has 140 valence electrons. The van der Waals surface area contributed by atoms with Gasteiger partial charge in [-0.15, -0.1) is 10.2 Å². The molecule has 1 aliphatic rings. The molecule has 1 heterocycles. The Labute approximate surface area is 157 Å². The minimum absolute atomic E-state index is 0.00459. The van der Waals surface area contributed by atoms with Crippen molar-refractivity contribution < 1.29 is 18.0 Å². The molecular weight excluding hydrogens is 389 g/mol. The van der Waals surface area contributed by atoms with E-state index in [2.05, 4.69) is 15.5 Å². The van der Waals surface area contributed by atoms with Crippen LogP contribution < -0.4 is 5.32 Å². The first-order valence-corrected chi connectivity index (χ1v) is 9.38. The molecule has 0 aliphatic heterocycles. The molecule has 1 fully saturated rings. The highest BCUT2D eigenvalue weighted by Gasteiger charge is 2.31. The number of aromatic nitrogens is 3. The predicted octanol–water partition coefficient (Wildman–Crippen LogP) is 4.58. The van der Waals surface area contributed by atoms with E-state index in [-0.39, 0.29) is 16.5 Å². The largest absolute Gasteiger partial charge is 0.416 e. The van der Waals surface area contributed by atoms with Gasteiger partial charge in [0, 0.05) is 12.5 Å². The topological polar surface area (TPSA) is 59.8 Å². The summed E-state index contributed by atoms with van der Waals surface area (Å²) >= 11 is 7.08. The maximum absolute atomic E-state index is 12.8. The van der Waals surface area contributed by atoms with Crippen LogP contribution in [-0.2, 0) is 17.5 Å². The highest BCUT2D eigenvalue weighted by atomic mass is 35.5. The predicted molar refractivity (Wildman–Crippen MR) is 93.5 cm³/mol. The number of carbonyl (C=O) groups is 1. The minimum Gasteiger partial charge on any atom is -0.324 e. The van der Waals surface area contributed by atoms with E-state index < -0.39 is 17.6 Å². The average Bonchev–Trinajstić information content (AvgIpc) is 3.34. The highest BCUT2D eigenvalue weighted by Crippen LogP contribution is 2.40. The molecule has 26 heavy (non-hydrogen) atoms. The van der Waals surface area contributed by atoms with Gasteiger partial charge in [-0.2, -0.15) is 13.2 Å². The molecule has 0 bridgehead atoms. The van der Waals surface area contributed by atoms with Gasteiger partial charge in [-0.1, -0.05) is 23.4 Å². The molecule has 1 N–H and O–H groups in total. The average molecular weight is 405 g/mol. The zero-order valence-electron chi connectivity index (χ0n) is 13.8. The van der Waals surface area contributed by atoms with Crippen molar-refractivity contribution in [3.63, 3.8) is 0 Å². The summed E-state index contributed by atoms with van der Waals surface area (Å²) in [5, 5.41) is 11.4. The number of alkyl halides is 3. The lowest BCUT2D eigenvalue weighted by molar-refractivity contribution is -0.137. The number of carbonyl (C=O) groups excluding carboxylic acids is 1. The Morgan fingerprint density at radius 2 is 2.12 bits per heavy atom. The maximum atomic E-state index is 12.8. The second-order valence-electron chi connectivity index (χ2n) is 5.89. The lowest BCUT2D eigenvalue weighted by Crippen LogP contribution is -2.16. The first-order valence-electron chi connectivity index (χ1n) is 8.02. The van der Waals surface area contributed by atoms with Gasteiger partial charge in [0.2, 0.25) is 5.91 Å². The van der Waals surface area contributed by atoms with Gasteiger partial charge in [0.25, 0.3) is 0 Å². The minimum atomic E-state index is -4.50. The molecule has 3 rings (SSSR count). The first kappa shape index (κ1) is 19.0. The molecule has 5 nitrogen and oxygen atoms in total. The number of rotatable bonds is 6. The number of thioether (sulfide) groups is 1. The third-order valence-electron chi connectivity index (χ3n) is 3.90. The molecular formula is C16H16ClF3N4OS. The van der Waals surface area contributed by atoms with Crippen LogP contribution >= 0.6 is 23.4 Å². The Kier molecular flexibility index (Phi) is 5.47. The quantitative estimate of drug-likeness (QED) is 0.716. The van der Waals surface area contributed by atoms with Crippen LogP contribution in [0.25, 0.3) is 0 Å². The van der Waals surface area contributed by atoms with E-state index in [9.17, 15) is 18.0 Å². The van der Waals surface area contributed by atoms with Gasteiger partial charge < -0.3 is 9.88 Å². The van der Waals surface area contributed by atoms with Crippen molar-refractivity contribution in [2.45, 2.75) is 43.6 Å². The Hall–Kier alpha value is -1.74. The van der Waals surface area contributed by atoms with Crippen LogP contribution in [0.2, 0.25) is 5.02 Å². The Morgan fingerprint density at radius 1 is 1.38 bits per heavy atom. The summed E-state index contributed by atoms with van der Waals surface area (Å²) in [6, 6.07) is 2.81. The fourth-order valence-electron chi connectivity index (χ4n) is 2.46. The zero-order chi connectivity index (χ0) is 18.9. The number of hydrogen-bond acceptors (Lipinski definition) is 4. The lowest BCUT2D eigenvalue weighted by Gasteiger charge is -2.11. The van der Waals surface area contributed by atoms with Crippen molar-refractivity contribution in [2.24, 2.45) is 0 Å². The van der Waals surface area contributed by atoms with Crippen molar-refractivity contribution >= 4 is 35.0 Å². The summed E-state index contributed by atoms with van der Waals surface area (Å²) in [5.74, 6) is 0.899. The van der Waals surface area contributed by atoms with E-state index in [1.54, 1.807) is 0 Å². The Bertz CT molecular complexity index is 820. The van der Waals surface area contributed by atoms with Crippen LogP contribution in [0.3, 0.4) is 0 Å². The summed E-state index contributed by atoms with van der Waals surface area (Å²) in [6.07, 6.45) is -2.32. The van der Waals surface area contributed by atoms with Crippen LogP contribution in [0, 0.1) is 0 Å². The van der Waals surface area contributed by atoms with Gasteiger partial charge in [-0.05, 0) is 38.0 Å². The van der Waals surface area contributed by atoms with Crippen molar-refractivity contribution in [2.75, 3.05) is 11.1 Å². The Balaban J connectivity index is 1.65. The molecule has 1 amide bonds. The number of halogens is 4. The molecule has 1 aromatic carbocycles. The van der Waals surface area contributed by atoms with Crippen molar-refractivity contribution in [3.8, 4) is 0 Å². The third-order valence-corrected chi connectivity index (χ3v) is 5.20.